The third-order valence-corrected chi connectivity index (χ3v) is 6.34. The second-order valence-corrected chi connectivity index (χ2v) is 8.23. The summed E-state index contributed by atoms with van der Waals surface area (Å²) in [5.41, 5.74) is 0.220. The molecule has 1 unspecified atom stereocenters. The summed E-state index contributed by atoms with van der Waals surface area (Å²) < 4.78 is 10.6. The van der Waals surface area contributed by atoms with E-state index in [0.717, 1.165) is 32.1 Å². The number of aliphatic hydroxyl groups is 1. The predicted octanol–water partition coefficient (Wildman–Crippen LogP) is 1.81. The molecule has 0 spiro atoms. The molecule has 1 aliphatic carbocycles. The quantitative estimate of drug-likeness (QED) is 0.612. The molecule has 1 aliphatic heterocycles. The highest BCUT2D eigenvalue weighted by molar-refractivity contribution is 5.99. The molecule has 1 aromatic carbocycles. The topological polar surface area (TPSA) is 118 Å². The van der Waals surface area contributed by atoms with Gasteiger partial charge in [0, 0.05) is 12.1 Å². The first kappa shape index (κ1) is 21.5. The van der Waals surface area contributed by atoms with Gasteiger partial charge in [0.1, 0.15) is 5.75 Å². The van der Waals surface area contributed by atoms with Gasteiger partial charge in [-0.3, -0.25) is 9.59 Å². The van der Waals surface area contributed by atoms with Gasteiger partial charge in [-0.25, -0.2) is 0 Å². The molecule has 9 nitrogen and oxygen atoms in total. The molecule has 2 N–H and O–H groups in total. The summed E-state index contributed by atoms with van der Waals surface area (Å²) in [6.45, 7) is 0.626. The zero-order chi connectivity index (χ0) is 21.8. The Morgan fingerprint density at radius 1 is 1.29 bits per heavy atom. The third kappa shape index (κ3) is 4.33. The van der Waals surface area contributed by atoms with Crippen molar-refractivity contribution < 1.29 is 24.0 Å². The molecular weight excluding hydrogens is 400 g/mol. The van der Waals surface area contributed by atoms with Crippen molar-refractivity contribution in [1.82, 2.24) is 20.4 Å². The first-order valence-electron chi connectivity index (χ1n) is 10.7. The Morgan fingerprint density at radius 2 is 2.06 bits per heavy atom. The summed E-state index contributed by atoms with van der Waals surface area (Å²) in [6, 6.07) is 6.59. The summed E-state index contributed by atoms with van der Waals surface area (Å²) >= 11 is 0. The number of aliphatic hydroxyl groups excluding tert-OH is 1. The monoisotopic (exact) mass is 428 g/mol. The highest BCUT2D eigenvalue weighted by atomic mass is 16.5. The van der Waals surface area contributed by atoms with Crippen LogP contribution in [0.3, 0.4) is 0 Å². The number of methoxy groups -OCH3 is 1. The average molecular weight is 428 g/mol. The van der Waals surface area contributed by atoms with E-state index in [2.05, 4.69) is 15.5 Å². The smallest absolute Gasteiger partial charge is 0.262 e. The van der Waals surface area contributed by atoms with Gasteiger partial charge in [0.25, 0.3) is 5.89 Å². The van der Waals surface area contributed by atoms with Crippen LogP contribution in [0.5, 0.6) is 5.75 Å². The average Bonchev–Trinajstić information content (AvgIpc) is 3.57. The molecule has 2 fully saturated rings. The van der Waals surface area contributed by atoms with Crippen molar-refractivity contribution in [2.45, 2.75) is 50.1 Å². The molecule has 2 heterocycles. The number of para-hydroxylation sites is 1. The Labute approximate surface area is 180 Å². The molecule has 1 atom stereocenters. The second kappa shape index (κ2) is 9.15. The van der Waals surface area contributed by atoms with Crippen molar-refractivity contribution in [3.8, 4) is 17.2 Å². The number of hydrogen-bond donors (Lipinski definition) is 2. The number of amides is 1. The number of rotatable bonds is 8. The maximum atomic E-state index is 13.1. The van der Waals surface area contributed by atoms with Crippen LogP contribution in [0, 0.1) is 0 Å². The fourth-order valence-electron chi connectivity index (χ4n) is 4.55. The number of ketones is 1. The van der Waals surface area contributed by atoms with Crippen LogP contribution in [0.1, 0.15) is 49.1 Å². The lowest BCUT2D eigenvalue weighted by molar-refractivity contribution is -0.130. The first-order valence-corrected chi connectivity index (χ1v) is 10.7. The lowest BCUT2D eigenvalue weighted by Crippen LogP contribution is -2.52. The van der Waals surface area contributed by atoms with Crippen LogP contribution in [-0.2, 0) is 4.79 Å². The zero-order valence-corrected chi connectivity index (χ0v) is 17.7. The van der Waals surface area contributed by atoms with Crippen molar-refractivity contribution in [1.29, 1.82) is 0 Å². The van der Waals surface area contributed by atoms with E-state index >= 15 is 0 Å². The van der Waals surface area contributed by atoms with Crippen LogP contribution in [0.15, 0.2) is 28.8 Å². The van der Waals surface area contributed by atoms with E-state index in [-0.39, 0.29) is 42.1 Å². The number of ether oxygens (including phenoxy) is 1. The summed E-state index contributed by atoms with van der Waals surface area (Å²) in [7, 11) is 1.55. The maximum absolute atomic E-state index is 13.1. The Morgan fingerprint density at radius 3 is 2.81 bits per heavy atom. The second-order valence-electron chi connectivity index (χ2n) is 8.23. The van der Waals surface area contributed by atoms with Crippen molar-refractivity contribution >= 4 is 11.7 Å². The lowest BCUT2D eigenvalue weighted by Gasteiger charge is -2.30. The normalized spacial score (nSPS) is 20.2. The molecule has 1 aromatic heterocycles. The number of carbonyl (C=O) groups excluding carboxylic acids is 2. The first-order chi connectivity index (χ1) is 15.1. The minimum absolute atomic E-state index is 0.0111. The molecule has 1 saturated heterocycles. The molecule has 1 amide bonds. The van der Waals surface area contributed by atoms with Crippen molar-refractivity contribution in [3.05, 3.63) is 30.1 Å². The largest absolute Gasteiger partial charge is 0.496 e. The van der Waals surface area contributed by atoms with Gasteiger partial charge < -0.3 is 24.6 Å². The number of Topliss-reactive ketones (excluding diaryl/α,β-unsaturated/α-hetero) is 1. The van der Waals surface area contributed by atoms with E-state index < -0.39 is 6.04 Å². The maximum Gasteiger partial charge on any atom is 0.262 e. The zero-order valence-electron chi connectivity index (χ0n) is 17.7. The highest BCUT2D eigenvalue weighted by Crippen LogP contribution is 2.30. The number of nitrogens with zero attached hydrogens (tertiary/aromatic N) is 3. The van der Waals surface area contributed by atoms with Crippen LogP contribution >= 0.6 is 0 Å². The van der Waals surface area contributed by atoms with Gasteiger partial charge in [0.15, 0.2) is 0 Å². The molecule has 2 aromatic rings. The Hall–Kier alpha value is -2.78. The standard InChI is InChI=1S/C22H28N4O5/c1-30-17-9-3-2-7-15(17)21-24-20(25-31-21)19(29)16-8-6-12-26(16)18(28)13-23-22(14-27)10-4-5-11-22/h2-3,7,9,16,23,27H,4-6,8,10-14H2,1H3. The van der Waals surface area contributed by atoms with Gasteiger partial charge >= 0.3 is 0 Å². The number of likely N-dealkylation sites (tertiary alicyclic amines) is 1. The fourth-order valence-corrected chi connectivity index (χ4v) is 4.55. The van der Waals surface area contributed by atoms with Gasteiger partial charge in [-0.15, -0.1) is 0 Å². The van der Waals surface area contributed by atoms with E-state index in [0.29, 0.717) is 24.3 Å². The Balaban J connectivity index is 1.44. The van der Waals surface area contributed by atoms with Crippen LogP contribution in [0.4, 0.5) is 0 Å². The lowest BCUT2D eigenvalue weighted by atomic mass is 9.99. The summed E-state index contributed by atoms with van der Waals surface area (Å²) in [5.74, 6) is 0.252. The molecule has 2 aliphatic rings. The van der Waals surface area contributed by atoms with Crippen LogP contribution < -0.4 is 10.1 Å². The number of aromatic nitrogens is 2. The van der Waals surface area contributed by atoms with Gasteiger partial charge in [0.05, 0.1) is 31.9 Å². The van der Waals surface area contributed by atoms with Gasteiger partial charge in [-0.05, 0) is 37.8 Å². The molecule has 166 valence electrons. The van der Waals surface area contributed by atoms with Gasteiger partial charge in [-0.1, -0.05) is 30.1 Å². The summed E-state index contributed by atoms with van der Waals surface area (Å²) in [5, 5.41) is 16.8. The van der Waals surface area contributed by atoms with Gasteiger partial charge in [0.2, 0.25) is 17.5 Å². The molecule has 0 radical (unpaired) electrons. The van der Waals surface area contributed by atoms with E-state index in [1.54, 1.807) is 24.1 Å². The number of nitrogens with one attached hydrogen (secondary N) is 1. The SMILES string of the molecule is COc1ccccc1-c1nc(C(=O)C2CCCN2C(=O)CNC2(CO)CCCC2)no1. The minimum Gasteiger partial charge on any atom is -0.496 e. The van der Waals surface area contributed by atoms with E-state index in [1.165, 1.54) is 0 Å². The highest BCUT2D eigenvalue weighted by Gasteiger charge is 2.38. The van der Waals surface area contributed by atoms with Crippen LogP contribution in [0.2, 0.25) is 0 Å². The van der Waals surface area contributed by atoms with Crippen LogP contribution in [-0.4, -0.2) is 70.2 Å². The summed E-state index contributed by atoms with van der Waals surface area (Å²) in [4.78, 5) is 31.8. The van der Waals surface area contributed by atoms with E-state index in [4.69, 9.17) is 9.26 Å². The molecule has 1 saturated carbocycles. The number of benzene rings is 1. The number of carbonyl (C=O) groups is 2. The minimum atomic E-state index is -0.605. The molecule has 31 heavy (non-hydrogen) atoms. The molecule has 4 rings (SSSR count). The Bertz CT molecular complexity index is 937. The van der Waals surface area contributed by atoms with Crippen molar-refractivity contribution in [2.24, 2.45) is 0 Å². The fraction of sp³-hybridized carbons (Fsp3) is 0.545. The van der Waals surface area contributed by atoms with Crippen molar-refractivity contribution in [2.75, 3.05) is 26.8 Å². The molecule has 9 heteroatoms. The van der Waals surface area contributed by atoms with E-state index in [9.17, 15) is 14.7 Å². The predicted molar refractivity (Wildman–Crippen MR) is 112 cm³/mol. The van der Waals surface area contributed by atoms with Crippen molar-refractivity contribution in [3.63, 3.8) is 0 Å². The Kier molecular flexibility index (Phi) is 6.33. The third-order valence-electron chi connectivity index (χ3n) is 6.34. The molecular formula is C22H28N4O5. The summed E-state index contributed by atoms with van der Waals surface area (Å²) in [6.07, 6.45) is 5.10. The van der Waals surface area contributed by atoms with E-state index in [1.807, 2.05) is 12.1 Å². The molecule has 0 bridgehead atoms. The van der Waals surface area contributed by atoms with Crippen LogP contribution in [0.25, 0.3) is 11.5 Å². The number of hydrogen-bond acceptors (Lipinski definition) is 8. The van der Waals surface area contributed by atoms with Gasteiger partial charge in [-0.2, -0.15) is 4.98 Å².